The van der Waals surface area contributed by atoms with E-state index in [-0.39, 0.29) is 24.0 Å². The number of para-hydroxylation sites is 1. The smallest absolute Gasteiger partial charge is 0.408 e. The van der Waals surface area contributed by atoms with Crippen LogP contribution < -0.4 is 16.4 Å². The molecule has 0 aliphatic carbocycles. The van der Waals surface area contributed by atoms with Crippen molar-refractivity contribution in [3.05, 3.63) is 63.9 Å². The van der Waals surface area contributed by atoms with E-state index in [9.17, 15) is 23.6 Å². The molecule has 1 atom stereocenters. The summed E-state index contributed by atoms with van der Waals surface area (Å²) in [5.41, 5.74) is 3.28. The van der Waals surface area contributed by atoms with Gasteiger partial charge in [0.25, 0.3) is 0 Å². The van der Waals surface area contributed by atoms with E-state index in [1.165, 1.54) is 38.4 Å². The Hall–Kier alpha value is -4.23. The molecule has 0 unspecified atom stereocenters. The number of nitrogens with one attached hydrogen (secondary N) is 3. The van der Waals surface area contributed by atoms with Gasteiger partial charge in [-0.3, -0.25) is 14.6 Å². The number of carbonyl (C=O) groups excluding carboxylic acids is 3. The standard InChI is InChI=1S/C21H30N4O3.C14H16FN3O2/c1-22-18(13-15-5-6-17-19(14-15)28-21(27)23-17)20(26)25-11-7-16(8-12-25)24-9-3-2-4-10-24;15-12-3-1-2-10-8-18(14(20)16-13(10)12)11-4-6-17(9-19)7-5-11/h5-6,14,16,18,22H,2-4,7-13H2,1H3,(H,23,27);1-3,9,11H,4-8H2,(H,16,20)/t18-;/m1./s1. The van der Waals surface area contributed by atoms with E-state index >= 15 is 0 Å². The molecule has 3 aromatic rings. The normalized spacial score (nSPS) is 20.1. The zero-order valence-corrected chi connectivity index (χ0v) is 27.6. The van der Waals surface area contributed by atoms with E-state index in [1.54, 1.807) is 15.9 Å². The number of anilines is 1. The fourth-order valence-corrected chi connectivity index (χ4v) is 7.49. The predicted octanol–water partition coefficient (Wildman–Crippen LogP) is 3.52. The Bertz CT molecular complexity index is 1640. The quantitative estimate of drug-likeness (QED) is 0.330. The molecule has 0 radical (unpaired) electrons. The van der Waals surface area contributed by atoms with Crippen molar-refractivity contribution in [2.45, 2.75) is 76.0 Å². The molecule has 0 saturated carbocycles. The highest BCUT2D eigenvalue weighted by Gasteiger charge is 2.33. The fraction of sp³-hybridized carbons (Fsp3) is 0.543. The van der Waals surface area contributed by atoms with Crippen molar-refractivity contribution in [1.29, 1.82) is 0 Å². The van der Waals surface area contributed by atoms with Crippen molar-refractivity contribution >= 4 is 35.1 Å². The molecular weight excluding hydrogens is 617 g/mol. The number of hydrogen-bond acceptors (Lipinski definition) is 7. The number of oxazole rings is 1. The topological polar surface area (TPSA) is 134 Å². The van der Waals surface area contributed by atoms with Gasteiger partial charge in [-0.05, 0) is 94.4 Å². The minimum absolute atomic E-state index is 0.0996. The molecule has 1 aromatic heterocycles. The van der Waals surface area contributed by atoms with Gasteiger partial charge in [-0.2, -0.15) is 0 Å². The maximum absolute atomic E-state index is 13.6. The zero-order chi connectivity index (χ0) is 33.6. The molecule has 12 nitrogen and oxygen atoms in total. The maximum atomic E-state index is 13.6. The molecule has 4 aliphatic rings. The summed E-state index contributed by atoms with van der Waals surface area (Å²) in [5.74, 6) is -0.688. The average Bonchev–Trinajstić information content (AvgIpc) is 3.50. The Balaban J connectivity index is 0.000000177. The number of rotatable bonds is 7. The van der Waals surface area contributed by atoms with Gasteiger partial charge in [-0.25, -0.2) is 14.0 Å². The number of urea groups is 1. The van der Waals surface area contributed by atoms with Gasteiger partial charge in [-0.1, -0.05) is 24.6 Å². The van der Waals surface area contributed by atoms with Crippen LogP contribution in [0, 0.1) is 5.82 Å². The largest absolute Gasteiger partial charge is 0.417 e. The summed E-state index contributed by atoms with van der Waals surface area (Å²) in [5, 5.41) is 5.80. The van der Waals surface area contributed by atoms with Gasteiger partial charge in [0.15, 0.2) is 5.58 Å². The summed E-state index contributed by atoms with van der Waals surface area (Å²) in [6.45, 7) is 5.85. The van der Waals surface area contributed by atoms with Crippen molar-refractivity contribution in [3.8, 4) is 0 Å². The van der Waals surface area contributed by atoms with Crippen LogP contribution in [0.2, 0.25) is 0 Å². The highest BCUT2D eigenvalue weighted by Crippen LogP contribution is 2.29. The van der Waals surface area contributed by atoms with Gasteiger partial charge < -0.3 is 34.7 Å². The zero-order valence-electron chi connectivity index (χ0n) is 27.6. The molecule has 258 valence electrons. The molecule has 7 rings (SSSR count). The second-order valence-corrected chi connectivity index (χ2v) is 13.2. The Kier molecular flexibility index (Phi) is 10.8. The van der Waals surface area contributed by atoms with Crippen LogP contribution in [0.15, 0.2) is 45.6 Å². The van der Waals surface area contributed by atoms with E-state index in [2.05, 4.69) is 20.5 Å². The first-order valence-electron chi connectivity index (χ1n) is 17.2. The number of fused-ring (bicyclic) bond motifs is 2. The number of benzene rings is 2. The van der Waals surface area contributed by atoms with Crippen molar-refractivity contribution in [1.82, 2.24) is 29.9 Å². The van der Waals surface area contributed by atoms with Crippen molar-refractivity contribution < 1.29 is 23.2 Å². The SMILES string of the molecule is CN[C@H](Cc1ccc2[nH]c(=O)oc2c1)C(=O)N1CCC(N2CCCCC2)CC1.O=CN1CCC(N2Cc3cccc(F)c3NC2=O)CC1. The number of amides is 4. The fourth-order valence-electron chi connectivity index (χ4n) is 7.49. The molecule has 4 aliphatic heterocycles. The molecular formula is C35H46FN7O5. The maximum Gasteiger partial charge on any atom is 0.417 e. The predicted molar refractivity (Wildman–Crippen MR) is 180 cm³/mol. The van der Waals surface area contributed by atoms with Gasteiger partial charge in [0.2, 0.25) is 12.3 Å². The Morgan fingerprint density at radius 1 is 1.00 bits per heavy atom. The lowest BCUT2D eigenvalue weighted by Gasteiger charge is -2.41. The third-order valence-electron chi connectivity index (χ3n) is 10.3. The van der Waals surface area contributed by atoms with Crippen LogP contribution in [-0.2, 0) is 22.6 Å². The first-order chi connectivity index (χ1) is 23.3. The first-order valence-corrected chi connectivity index (χ1v) is 17.2. The molecule has 48 heavy (non-hydrogen) atoms. The van der Waals surface area contributed by atoms with Crippen molar-refractivity contribution in [2.75, 3.05) is 51.6 Å². The molecule has 3 N–H and O–H groups in total. The monoisotopic (exact) mass is 663 g/mol. The van der Waals surface area contributed by atoms with Crippen LogP contribution in [0.1, 0.15) is 56.1 Å². The third kappa shape index (κ3) is 7.73. The van der Waals surface area contributed by atoms with Gasteiger partial charge in [-0.15, -0.1) is 0 Å². The lowest BCUT2D eigenvalue weighted by molar-refractivity contribution is -0.135. The molecule has 4 amide bonds. The number of nitrogens with zero attached hydrogens (tertiary/aromatic N) is 4. The van der Waals surface area contributed by atoms with E-state index < -0.39 is 11.6 Å². The highest BCUT2D eigenvalue weighted by atomic mass is 19.1. The van der Waals surface area contributed by atoms with Crippen molar-refractivity contribution in [3.63, 3.8) is 0 Å². The highest BCUT2D eigenvalue weighted by molar-refractivity contribution is 5.92. The Morgan fingerprint density at radius 3 is 2.44 bits per heavy atom. The number of H-pyrrole nitrogens is 1. The third-order valence-corrected chi connectivity index (χ3v) is 10.3. The van der Waals surface area contributed by atoms with Crippen molar-refractivity contribution in [2.24, 2.45) is 0 Å². The Labute approximate surface area is 279 Å². The molecule has 2 aromatic carbocycles. The van der Waals surface area contributed by atoms with Crippen LogP contribution in [0.25, 0.3) is 11.1 Å². The van der Waals surface area contributed by atoms with Crippen LogP contribution in [0.3, 0.4) is 0 Å². The number of aromatic amines is 1. The number of likely N-dealkylation sites (N-methyl/N-ethyl adjacent to an activating group) is 1. The van der Waals surface area contributed by atoms with Crippen LogP contribution >= 0.6 is 0 Å². The summed E-state index contributed by atoms with van der Waals surface area (Å²) in [4.78, 5) is 57.9. The molecule has 5 heterocycles. The number of carbonyl (C=O) groups is 3. The second kappa shape index (κ2) is 15.3. The summed E-state index contributed by atoms with van der Waals surface area (Å²) in [6.07, 6.45) is 9.07. The number of halogens is 1. The Morgan fingerprint density at radius 2 is 1.73 bits per heavy atom. The lowest BCUT2D eigenvalue weighted by Crippen LogP contribution is -2.52. The van der Waals surface area contributed by atoms with E-state index in [0.29, 0.717) is 48.9 Å². The van der Waals surface area contributed by atoms with E-state index in [0.717, 1.165) is 56.3 Å². The molecule has 13 heteroatoms. The summed E-state index contributed by atoms with van der Waals surface area (Å²) in [6, 6.07) is 10.6. The number of piperidine rings is 3. The first kappa shape index (κ1) is 33.7. The second-order valence-electron chi connectivity index (χ2n) is 13.2. The lowest BCUT2D eigenvalue weighted by atomic mass is 9.98. The summed E-state index contributed by atoms with van der Waals surface area (Å²) < 4.78 is 18.8. The van der Waals surface area contributed by atoms with Gasteiger partial charge in [0, 0.05) is 44.8 Å². The van der Waals surface area contributed by atoms with Crippen LogP contribution in [-0.4, -0.2) is 107 Å². The summed E-state index contributed by atoms with van der Waals surface area (Å²) in [7, 11) is 1.83. The molecule has 0 spiro atoms. The van der Waals surface area contributed by atoms with E-state index in [1.807, 2.05) is 36.2 Å². The molecule has 3 fully saturated rings. The summed E-state index contributed by atoms with van der Waals surface area (Å²) >= 11 is 0. The van der Waals surface area contributed by atoms with Gasteiger partial charge in [0.05, 0.1) is 17.2 Å². The van der Waals surface area contributed by atoms with E-state index in [4.69, 9.17) is 4.42 Å². The average molecular weight is 664 g/mol. The number of aromatic nitrogens is 1. The van der Waals surface area contributed by atoms with Gasteiger partial charge >= 0.3 is 11.8 Å². The minimum Gasteiger partial charge on any atom is -0.408 e. The minimum atomic E-state index is -0.454. The van der Waals surface area contributed by atoms with Gasteiger partial charge in [0.1, 0.15) is 5.82 Å². The number of likely N-dealkylation sites (tertiary alicyclic amines) is 3. The van der Waals surface area contributed by atoms with Crippen LogP contribution in [0.5, 0.6) is 0 Å². The molecule has 3 saturated heterocycles. The van der Waals surface area contributed by atoms with Crippen LogP contribution in [0.4, 0.5) is 14.9 Å². The number of hydrogen-bond donors (Lipinski definition) is 3. The molecule has 0 bridgehead atoms.